The van der Waals surface area contributed by atoms with Gasteiger partial charge >= 0.3 is 0 Å². The number of nitrogens with zero attached hydrogens (tertiary/aromatic N) is 3. The number of nitrogens with one attached hydrogen (secondary N) is 1. The minimum absolute atomic E-state index is 0.0225. The summed E-state index contributed by atoms with van der Waals surface area (Å²) in [6.07, 6.45) is 7.52. The van der Waals surface area contributed by atoms with Crippen LogP contribution in [0.5, 0.6) is 5.75 Å². The van der Waals surface area contributed by atoms with Crippen molar-refractivity contribution in [3.05, 3.63) is 24.0 Å². The van der Waals surface area contributed by atoms with Gasteiger partial charge in [-0.25, -0.2) is 4.39 Å². The smallest absolute Gasteiger partial charge is 0.198 e. The van der Waals surface area contributed by atoms with Gasteiger partial charge in [0, 0.05) is 58.0 Å². The molecule has 6 nitrogen and oxygen atoms in total. The average molecular weight is 407 g/mol. The van der Waals surface area contributed by atoms with Gasteiger partial charge in [0.05, 0.1) is 5.69 Å². The Kier molecular flexibility index (Phi) is 8.55. The maximum Gasteiger partial charge on any atom is 0.198 e. The predicted octanol–water partition coefficient (Wildman–Crippen LogP) is 3.68. The summed E-state index contributed by atoms with van der Waals surface area (Å²) in [7, 11) is 0. The van der Waals surface area contributed by atoms with Crippen molar-refractivity contribution in [1.29, 1.82) is 0 Å². The van der Waals surface area contributed by atoms with Gasteiger partial charge in [0.15, 0.2) is 5.96 Å². The Morgan fingerprint density at radius 2 is 1.97 bits per heavy atom. The molecule has 1 saturated carbocycles. The minimum Gasteiger partial charge on any atom is -0.506 e. The van der Waals surface area contributed by atoms with Crippen molar-refractivity contribution < 1.29 is 14.2 Å². The molecule has 1 aliphatic carbocycles. The first-order valence-electron chi connectivity index (χ1n) is 11.0. The van der Waals surface area contributed by atoms with Gasteiger partial charge in [-0.05, 0) is 38.3 Å². The van der Waals surface area contributed by atoms with E-state index in [-0.39, 0.29) is 11.6 Å². The van der Waals surface area contributed by atoms with Gasteiger partial charge in [-0.15, -0.1) is 0 Å². The number of benzene rings is 1. The van der Waals surface area contributed by atoms with Crippen LogP contribution in [0.2, 0.25) is 0 Å². The molecule has 2 fully saturated rings. The number of guanidine groups is 1. The van der Waals surface area contributed by atoms with Crippen LogP contribution in [0.4, 0.5) is 10.1 Å². The fourth-order valence-electron chi connectivity index (χ4n) is 4.19. The van der Waals surface area contributed by atoms with E-state index in [4.69, 9.17) is 9.73 Å². The summed E-state index contributed by atoms with van der Waals surface area (Å²) in [5.74, 6) is 0.336. The van der Waals surface area contributed by atoms with Gasteiger partial charge in [0.2, 0.25) is 0 Å². The number of halogens is 1. The van der Waals surface area contributed by atoms with E-state index in [2.05, 4.69) is 15.1 Å². The molecule has 1 aromatic carbocycles. The molecule has 1 aromatic rings. The molecule has 29 heavy (non-hydrogen) atoms. The van der Waals surface area contributed by atoms with Crippen LogP contribution >= 0.6 is 0 Å². The van der Waals surface area contributed by atoms with E-state index in [1.165, 1.54) is 50.3 Å². The number of anilines is 1. The molecule has 1 heterocycles. The topological polar surface area (TPSA) is 60.3 Å². The molecule has 1 saturated heterocycles. The number of piperazine rings is 1. The first-order chi connectivity index (χ1) is 14.2. The van der Waals surface area contributed by atoms with Crippen molar-refractivity contribution in [2.45, 2.75) is 51.5 Å². The second-order valence-electron chi connectivity index (χ2n) is 7.86. The van der Waals surface area contributed by atoms with Crippen LogP contribution in [-0.4, -0.2) is 72.8 Å². The van der Waals surface area contributed by atoms with Gasteiger partial charge in [0.1, 0.15) is 11.6 Å². The molecular formula is C22H35FN4O2. The highest BCUT2D eigenvalue weighted by molar-refractivity contribution is 5.95. The van der Waals surface area contributed by atoms with Gasteiger partial charge in [-0.3, -0.25) is 9.89 Å². The standard InChI is InChI=1S/C22H35FN4O2/c1-2-29-16-6-11-24-22(25-20-17-18(23)9-10-21(20)28)27-14-12-26(13-15-27)19-7-4-3-5-8-19/h9-10,17,19,28H,2-8,11-16H2,1H3,(H,24,25). The van der Waals surface area contributed by atoms with Crippen LogP contribution in [0.1, 0.15) is 45.4 Å². The van der Waals surface area contributed by atoms with Crippen molar-refractivity contribution in [1.82, 2.24) is 9.80 Å². The van der Waals surface area contributed by atoms with Gasteiger partial charge < -0.3 is 20.1 Å². The summed E-state index contributed by atoms with van der Waals surface area (Å²) in [5, 5.41) is 13.3. The average Bonchev–Trinajstić information content (AvgIpc) is 2.76. The Balaban J connectivity index is 1.62. The number of phenols is 1. The highest BCUT2D eigenvalue weighted by Gasteiger charge is 2.26. The number of ether oxygens (including phenoxy) is 1. The maximum absolute atomic E-state index is 13.7. The lowest BCUT2D eigenvalue weighted by molar-refractivity contribution is 0.107. The van der Waals surface area contributed by atoms with Gasteiger partial charge in [-0.1, -0.05) is 19.3 Å². The zero-order valence-electron chi connectivity index (χ0n) is 17.6. The highest BCUT2D eigenvalue weighted by atomic mass is 19.1. The van der Waals surface area contributed by atoms with Crippen LogP contribution in [0.3, 0.4) is 0 Å². The molecular weight excluding hydrogens is 371 g/mol. The molecule has 162 valence electrons. The summed E-state index contributed by atoms with van der Waals surface area (Å²) in [6, 6.07) is 4.65. The molecule has 0 amide bonds. The maximum atomic E-state index is 13.7. The molecule has 0 unspecified atom stereocenters. The van der Waals surface area contributed by atoms with E-state index >= 15 is 0 Å². The lowest BCUT2D eigenvalue weighted by atomic mass is 9.94. The van der Waals surface area contributed by atoms with Crippen molar-refractivity contribution in [2.24, 2.45) is 4.99 Å². The number of aliphatic imine (C=N–C) groups is 1. The normalized spacial score (nSPS) is 19.5. The Hall–Kier alpha value is -1.86. The van der Waals surface area contributed by atoms with E-state index in [0.717, 1.165) is 38.6 Å². The van der Waals surface area contributed by atoms with E-state index in [1.54, 1.807) is 0 Å². The SMILES string of the molecule is CCOCCCN=C(Nc1cc(F)ccc1O)N1CCN(C2CCCCC2)CC1. The minimum atomic E-state index is -0.386. The third-order valence-corrected chi connectivity index (χ3v) is 5.82. The van der Waals surface area contributed by atoms with E-state index in [1.807, 2.05) is 6.92 Å². The first kappa shape index (κ1) is 21.8. The Bertz CT molecular complexity index is 656. The highest BCUT2D eigenvalue weighted by Crippen LogP contribution is 2.25. The van der Waals surface area contributed by atoms with E-state index in [0.29, 0.717) is 31.4 Å². The van der Waals surface area contributed by atoms with Crippen molar-refractivity contribution in [3.8, 4) is 5.75 Å². The third-order valence-electron chi connectivity index (χ3n) is 5.82. The quantitative estimate of drug-likeness (QED) is 0.313. The van der Waals surface area contributed by atoms with Crippen LogP contribution in [0, 0.1) is 5.82 Å². The fourth-order valence-corrected chi connectivity index (χ4v) is 4.19. The van der Waals surface area contributed by atoms with Crippen LogP contribution in [0.15, 0.2) is 23.2 Å². The molecule has 1 aliphatic heterocycles. The first-order valence-corrected chi connectivity index (χ1v) is 11.0. The van der Waals surface area contributed by atoms with E-state index in [9.17, 15) is 9.50 Å². The molecule has 2 aliphatic rings. The van der Waals surface area contributed by atoms with Crippen molar-refractivity contribution in [3.63, 3.8) is 0 Å². The summed E-state index contributed by atoms with van der Waals surface area (Å²) < 4.78 is 19.1. The Morgan fingerprint density at radius 3 is 2.69 bits per heavy atom. The lowest BCUT2D eigenvalue weighted by Crippen LogP contribution is -2.53. The largest absolute Gasteiger partial charge is 0.506 e. The fraction of sp³-hybridized carbons (Fsp3) is 0.682. The van der Waals surface area contributed by atoms with Crippen molar-refractivity contribution >= 4 is 11.6 Å². The number of aromatic hydroxyl groups is 1. The van der Waals surface area contributed by atoms with Crippen LogP contribution in [0.25, 0.3) is 0 Å². The summed E-state index contributed by atoms with van der Waals surface area (Å²) in [5.41, 5.74) is 0.350. The van der Waals surface area contributed by atoms with Crippen LogP contribution < -0.4 is 5.32 Å². The lowest BCUT2D eigenvalue weighted by Gasteiger charge is -2.41. The number of hydrogen-bond donors (Lipinski definition) is 2. The third kappa shape index (κ3) is 6.57. The number of hydrogen-bond acceptors (Lipinski definition) is 4. The molecule has 0 spiro atoms. The molecule has 0 radical (unpaired) electrons. The number of phenolic OH excluding ortho intramolecular Hbond substituents is 1. The molecule has 7 heteroatoms. The van der Waals surface area contributed by atoms with Crippen molar-refractivity contribution in [2.75, 3.05) is 51.3 Å². The zero-order chi connectivity index (χ0) is 20.5. The van der Waals surface area contributed by atoms with E-state index < -0.39 is 0 Å². The summed E-state index contributed by atoms with van der Waals surface area (Å²) in [4.78, 5) is 9.55. The molecule has 3 rings (SSSR count). The van der Waals surface area contributed by atoms with Gasteiger partial charge in [0.25, 0.3) is 0 Å². The summed E-state index contributed by atoms with van der Waals surface area (Å²) >= 11 is 0. The second kappa shape index (κ2) is 11.4. The predicted molar refractivity (Wildman–Crippen MR) is 115 cm³/mol. The summed E-state index contributed by atoms with van der Waals surface area (Å²) in [6.45, 7) is 7.77. The Labute approximate surface area is 173 Å². The molecule has 0 aromatic heterocycles. The molecule has 0 atom stereocenters. The molecule has 0 bridgehead atoms. The van der Waals surface area contributed by atoms with Gasteiger partial charge in [-0.2, -0.15) is 0 Å². The monoisotopic (exact) mass is 406 g/mol. The zero-order valence-corrected chi connectivity index (χ0v) is 17.6. The Morgan fingerprint density at radius 1 is 1.21 bits per heavy atom. The molecule has 2 N–H and O–H groups in total. The van der Waals surface area contributed by atoms with Crippen LogP contribution in [-0.2, 0) is 4.74 Å². The number of rotatable bonds is 7. The second-order valence-corrected chi connectivity index (χ2v) is 7.86.